The van der Waals surface area contributed by atoms with Crippen LogP contribution in [0.1, 0.15) is 42.0 Å². The van der Waals surface area contributed by atoms with E-state index >= 15 is 0 Å². The molecule has 0 spiro atoms. The number of rotatable bonds is 4. The van der Waals surface area contributed by atoms with Crippen molar-refractivity contribution in [1.82, 2.24) is 4.90 Å². The highest BCUT2D eigenvalue weighted by atomic mass is 35.5. The Morgan fingerprint density at radius 3 is 2.46 bits per heavy atom. The first-order valence-electron chi connectivity index (χ1n) is 11.9. The molecule has 1 unspecified atom stereocenters. The van der Waals surface area contributed by atoms with E-state index in [1.165, 1.54) is 17.2 Å². The van der Waals surface area contributed by atoms with Gasteiger partial charge >= 0.3 is 0 Å². The van der Waals surface area contributed by atoms with E-state index in [-0.39, 0.29) is 16.7 Å². The van der Waals surface area contributed by atoms with Gasteiger partial charge in [-0.05, 0) is 71.9 Å². The van der Waals surface area contributed by atoms with Gasteiger partial charge < -0.3 is 4.90 Å². The van der Waals surface area contributed by atoms with E-state index in [1.807, 2.05) is 47.9 Å². The molecule has 3 aromatic rings. The van der Waals surface area contributed by atoms with Crippen LogP contribution in [0.2, 0.25) is 10.0 Å². The van der Waals surface area contributed by atoms with Gasteiger partial charge in [-0.25, -0.2) is 4.99 Å². The largest absolute Gasteiger partial charge is 0.308 e. The number of thioether (sulfide) groups is 1. The molecule has 184 valence electrons. The normalized spacial score (nSPS) is 19.9. The minimum absolute atomic E-state index is 0.0691. The number of benzene rings is 3. The molecule has 5 nitrogen and oxygen atoms in total. The van der Waals surface area contributed by atoms with Crippen molar-refractivity contribution in [3.8, 4) is 0 Å². The first kappa shape index (κ1) is 24.0. The van der Waals surface area contributed by atoms with Crippen LogP contribution in [-0.4, -0.2) is 15.0 Å². The van der Waals surface area contributed by atoms with Crippen molar-refractivity contribution in [2.24, 2.45) is 4.99 Å². The molecular formula is C29H21Cl2N3O2S. The molecule has 6 rings (SSSR count). The Balaban J connectivity index is 1.48. The van der Waals surface area contributed by atoms with E-state index in [0.717, 1.165) is 52.5 Å². The first-order chi connectivity index (χ1) is 18.0. The highest BCUT2D eigenvalue weighted by Crippen LogP contribution is 2.51. The second-order valence-corrected chi connectivity index (χ2v) is 10.8. The van der Waals surface area contributed by atoms with Crippen molar-refractivity contribution in [1.29, 1.82) is 0 Å². The zero-order valence-corrected chi connectivity index (χ0v) is 21.9. The lowest BCUT2D eigenvalue weighted by Gasteiger charge is -2.40. The van der Waals surface area contributed by atoms with Crippen LogP contribution in [0.4, 0.5) is 5.69 Å². The third-order valence-corrected chi connectivity index (χ3v) is 8.13. The molecule has 1 aliphatic carbocycles. The quantitative estimate of drug-likeness (QED) is 0.242. The third-order valence-electron chi connectivity index (χ3n) is 6.79. The summed E-state index contributed by atoms with van der Waals surface area (Å²) in [5, 5.41) is 15.8. The summed E-state index contributed by atoms with van der Waals surface area (Å²) in [5.41, 5.74) is 7.46. The van der Waals surface area contributed by atoms with Crippen LogP contribution >= 0.6 is 35.0 Å². The van der Waals surface area contributed by atoms with Crippen molar-refractivity contribution in [3.63, 3.8) is 0 Å². The molecule has 0 N–H and O–H groups in total. The summed E-state index contributed by atoms with van der Waals surface area (Å²) in [6, 6.07) is 22.5. The van der Waals surface area contributed by atoms with Gasteiger partial charge in [-0.3, -0.25) is 10.1 Å². The second kappa shape index (κ2) is 9.86. The van der Waals surface area contributed by atoms with Gasteiger partial charge in [0, 0.05) is 33.1 Å². The summed E-state index contributed by atoms with van der Waals surface area (Å²) in [6.07, 6.45) is 5.09. The molecule has 0 bridgehead atoms. The molecule has 3 aliphatic rings. The second-order valence-electron chi connectivity index (χ2n) is 9.10. The Morgan fingerprint density at radius 1 is 1.00 bits per heavy atom. The minimum atomic E-state index is -0.358. The number of aliphatic imine (C=N–C) groups is 1. The van der Waals surface area contributed by atoms with Gasteiger partial charge in [0.05, 0.1) is 22.4 Å². The van der Waals surface area contributed by atoms with Crippen LogP contribution in [0, 0.1) is 10.1 Å². The standard InChI is InChI=1S/C29H21Cl2N3O2S/c30-22-11-7-18(8-12-22)15-21-4-2-6-25-27(21)32-29-33(28(25)19-9-13-23(31)14-10-19)26(17-37-29)20-3-1-5-24(16-20)34(35)36/h1,3,5,7-17,28H,2,4,6H2/b21-15+. The van der Waals surface area contributed by atoms with Gasteiger partial charge in [0.2, 0.25) is 0 Å². The molecular weight excluding hydrogens is 525 g/mol. The number of allylic oxidation sites excluding steroid dienone is 1. The number of non-ortho nitro benzene ring substituents is 1. The van der Waals surface area contributed by atoms with E-state index in [9.17, 15) is 10.1 Å². The summed E-state index contributed by atoms with van der Waals surface area (Å²) < 4.78 is 0. The number of nitrogens with zero attached hydrogens (tertiary/aromatic N) is 3. The molecule has 0 aromatic heterocycles. The number of fused-ring (bicyclic) bond motifs is 1. The minimum Gasteiger partial charge on any atom is -0.308 e. The molecule has 3 aromatic carbocycles. The van der Waals surface area contributed by atoms with Crippen LogP contribution < -0.4 is 0 Å². The van der Waals surface area contributed by atoms with Crippen molar-refractivity contribution in [2.75, 3.05) is 0 Å². The number of hydrogen-bond acceptors (Lipinski definition) is 5. The highest BCUT2D eigenvalue weighted by Gasteiger charge is 2.40. The van der Waals surface area contributed by atoms with Gasteiger partial charge in [-0.15, -0.1) is 0 Å². The maximum atomic E-state index is 11.5. The Bertz CT molecular complexity index is 1530. The summed E-state index contributed by atoms with van der Waals surface area (Å²) >= 11 is 13.9. The maximum Gasteiger partial charge on any atom is 0.270 e. The van der Waals surface area contributed by atoms with Crippen LogP contribution in [0.15, 0.2) is 100 Å². The first-order valence-corrected chi connectivity index (χ1v) is 13.6. The van der Waals surface area contributed by atoms with Crippen LogP contribution in [0.3, 0.4) is 0 Å². The fraction of sp³-hybridized carbons (Fsp3) is 0.138. The van der Waals surface area contributed by atoms with E-state index in [0.29, 0.717) is 10.0 Å². The van der Waals surface area contributed by atoms with Gasteiger partial charge in [0.15, 0.2) is 5.17 Å². The molecule has 0 fully saturated rings. The molecule has 0 amide bonds. The molecule has 1 atom stereocenters. The maximum absolute atomic E-state index is 11.5. The molecule has 0 saturated heterocycles. The number of amidine groups is 1. The lowest BCUT2D eigenvalue weighted by molar-refractivity contribution is -0.384. The molecule has 0 radical (unpaired) electrons. The molecule has 8 heteroatoms. The van der Waals surface area contributed by atoms with E-state index in [1.54, 1.807) is 23.9 Å². The van der Waals surface area contributed by atoms with Crippen molar-refractivity contribution < 1.29 is 4.92 Å². The average Bonchev–Trinajstić information content (AvgIpc) is 3.33. The van der Waals surface area contributed by atoms with E-state index in [2.05, 4.69) is 23.1 Å². The SMILES string of the molecule is O=[N+]([O-])c1cccc(C2=CSC3=NC4=C(CCC/C4=C\c4ccc(Cl)cc4)C(c4ccc(Cl)cc4)N23)c1. The van der Waals surface area contributed by atoms with Gasteiger partial charge in [-0.1, -0.05) is 71.4 Å². The van der Waals surface area contributed by atoms with E-state index in [4.69, 9.17) is 28.2 Å². The predicted octanol–water partition coefficient (Wildman–Crippen LogP) is 8.88. The number of hydrogen-bond donors (Lipinski definition) is 0. The van der Waals surface area contributed by atoms with Gasteiger partial charge in [-0.2, -0.15) is 0 Å². The topological polar surface area (TPSA) is 58.7 Å². The molecule has 2 heterocycles. The Labute approximate surface area is 229 Å². The molecule has 37 heavy (non-hydrogen) atoms. The monoisotopic (exact) mass is 545 g/mol. The summed E-state index contributed by atoms with van der Waals surface area (Å²) in [5.74, 6) is 0. The number of nitro groups is 1. The van der Waals surface area contributed by atoms with Crippen LogP contribution in [0.5, 0.6) is 0 Å². The summed E-state index contributed by atoms with van der Waals surface area (Å²) in [7, 11) is 0. The Kier molecular flexibility index (Phi) is 6.41. The zero-order chi connectivity index (χ0) is 25.5. The lowest BCUT2D eigenvalue weighted by Crippen LogP contribution is -2.34. The molecule has 2 aliphatic heterocycles. The predicted molar refractivity (Wildman–Crippen MR) is 152 cm³/mol. The van der Waals surface area contributed by atoms with Crippen molar-refractivity contribution >= 4 is 57.6 Å². The highest BCUT2D eigenvalue weighted by molar-refractivity contribution is 8.16. The van der Waals surface area contributed by atoms with Crippen molar-refractivity contribution in [3.05, 3.63) is 132 Å². The van der Waals surface area contributed by atoms with Crippen LogP contribution in [-0.2, 0) is 0 Å². The molecule has 0 saturated carbocycles. The summed E-state index contributed by atoms with van der Waals surface area (Å²) in [4.78, 5) is 18.5. The van der Waals surface area contributed by atoms with Crippen LogP contribution in [0.25, 0.3) is 11.8 Å². The average molecular weight is 546 g/mol. The smallest absolute Gasteiger partial charge is 0.270 e. The fourth-order valence-electron chi connectivity index (χ4n) is 5.11. The third kappa shape index (κ3) is 4.61. The summed E-state index contributed by atoms with van der Waals surface area (Å²) in [6.45, 7) is 0. The van der Waals surface area contributed by atoms with Crippen molar-refractivity contribution in [2.45, 2.75) is 25.3 Å². The lowest BCUT2D eigenvalue weighted by atomic mass is 9.82. The van der Waals surface area contributed by atoms with Gasteiger partial charge in [0.25, 0.3) is 5.69 Å². The Hall–Kier alpha value is -3.32. The number of halogens is 2. The number of nitro benzene ring substituents is 1. The zero-order valence-electron chi connectivity index (χ0n) is 19.6. The van der Waals surface area contributed by atoms with E-state index < -0.39 is 0 Å². The Morgan fingerprint density at radius 2 is 1.73 bits per heavy atom. The van der Waals surface area contributed by atoms with Gasteiger partial charge in [0.1, 0.15) is 0 Å². The fourth-order valence-corrected chi connectivity index (χ4v) is 6.29.